The molecule has 1 saturated heterocycles. The van der Waals surface area contributed by atoms with Gasteiger partial charge in [0.2, 0.25) is 5.91 Å². The van der Waals surface area contributed by atoms with Crippen molar-refractivity contribution in [2.45, 2.75) is 39.2 Å². The standard InChI is InChI=1S/C30H27F2N5O2/c1-17-29(18(2)39-35-17)19-7-14-26-25(15-19)34-30(37(26)21-10-8-20(33-3)9-11-21)27-5-4-6-28(38)36(27)22-12-13-23(31)24(32)16-22/h7-16,27,33H,4-6H2,1-3H3/t27-/m0/s1. The summed E-state index contributed by atoms with van der Waals surface area (Å²) in [5.74, 6) is -0.737. The van der Waals surface area contributed by atoms with Crippen LogP contribution in [0.15, 0.2) is 65.2 Å². The van der Waals surface area contributed by atoms with E-state index in [4.69, 9.17) is 9.51 Å². The van der Waals surface area contributed by atoms with E-state index in [2.05, 4.69) is 10.5 Å². The SMILES string of the molecule is CNc1ccc(-n2c([C@@H]3CCCC(=O)N3c3ccc(F)c(F)c3)nc3cc(-c4c(C)noc4C)ccc32)cc1. The number of hydrogen-bond donors (Lipinski definition) is 1. The number of nitrogens with one attached hydrogen (secondary N) is 1. The lowest BCUT2D eigenvalue weighted by Crippen LogP contribution is -2.39. The number of piperidine rings is 1. The normalized spacial score (nSPS) is 15.8. The summed E-state index contributed by atoms with van der Waals surface area (Å²) in [5, 5.41) is 7.22. The average molecular weight is 528 g/mol. The van der Waals surface area contributed by atoms with Crippen molar-refractivity contribution in [3.05, 3.63) is 89.6 Å². The fourth-order valence-corrected chi connectivity index (χ4v) is 5.49. The molecule has 1 fully saturated rings. The third kappa shape index (κ3) is 4.24. The molecule has 3 heterocycles. The second kappa shape index (κ2) is 9.65. The third-order valence-corrected chi connectivity index (χ3v) is 7.34. The number of aromatic nitrogens is 3. The van der Waals surface area contributed by atoms with Gasteiger partial charge in [-0.1, -0.05) is 11.2 Å². The van der Waals surface area contributed by atoms with Gasteiger partial charge in [0.25, 0.3) is 0 Å². The number of anilines is 2. The van der Waals surface area contributed by atoms with E-state index in [-0.39, 0.29) is 5.91 Å². The van der Waals surface area contributed by atoms with E-state index in [1.807, 2.05) is 67.9 Å². The molecule has 2 aromatic heterocycles. The van der Waals surface area contributed by atoms with Gasteiger partial charge in [0.1, 0.15) is 11.6 Å². The van der Waals surface area contributed by atoms with Crippen LogP contribution in [0.2, 0.25) is 0 Å². The van der Waals surface area contributed by atoms with Crippen LogP contribution in [0.5, 0.6) is 0 Å². The quantitative estimate of drug-likeness (QED) is 0.270. The number of halogens is 2. The van der Waals surface area contributed by atoms with Crippen LogP contribution in [0.4, 0.5) is 20.2 Å². The molecule has 9 heteroatoms. The van der Waals surface area contributed by atoms with Crippen molar-refractivity contribution < 1.29 is 18.1 Å². The molecule has 7 nitrogen and oxygen atoms in total. The van der Waals surface area contributed by atoms with Crippen LogP contribution < -0.4 is 10.2 Å². The number of nitrogens with zero attached hydrogens (tertiary/aromatic N) is 4. The summed E-state index contributed by atoms with van der Waals surface area (Å²) >= 11 is 0. The molecule has 0 saturated carbocycles. The van der Waals surface area contributed by atoms with Crippen LogP contribution >= 0.6 is 0 Å². The average Bonchev–Trinajstić information content (AvgIpc) is 3.48. The van der Waals surface area contributed by atoms with Crippen LogP contribution in [0.25, 0.3) is 27.8 Å². The second-order valence-corrected chi connectivity index (χ2v) is 9.78. The summed E-state index contributed by atoms with van der Waals surface area (Å²) < 4.78 is 35.5. The molecule has 1 N–H and O–H groups in total. The number of amides is 1. The van der Waals surface area contributed by atoms with E-state index in [0.29, 0.717) is 30.8 Å². The van der Waals surface area contributed by atoms with E-state index in [0.717, 1.165) is 57.1 Å². The number of imidazole rings is 1. The molecule has 198 valence electrons. The molecule has 3 aromatic carbocycles. The first kappa shape index (κ1) is 24.8. The van der Waals surface area contributed by atoms with Gasteiger partial charge in [-0.05, 0) is 80.8 Å². The van der Waals surface area contributed by atoms with Gasteiger partial charge in [-0.3, -0.25) is 9.36 Å². The minimum atomic E-state index is -0.995. The van der Waals surface area contributed by atoms with E-state index >= 15 is 0 Å². The smallest absolute Gasteiger partial charge is 0.227 e. The molecular weight excluding hydrogens is 500 g/mol. The Morgan fingerprint density at radius 1 is 0.974 bits per heavy atom. The molecule has 0 bridgehead atoms. The molecule has 0 unspecified atom stereocenters. The highest BCUT2D eigenvalue weighted by atomic mass is 19.2. The highest BCUT2D eigenvalue weighted by molar-refractivity contribution is 5.95. The zero-order chi connectivity index (χ0) is 27.3. The zero-order valence-corrected chi connectivity index (χ0v) is 21.8. The largest absolute Gasteiger partial charge is 0.388 e. The van der Waals surface area contributed by atoms with Gasteiger partial charge in [-0.15, -0.1) is 0 Å². The van der Waals surface area contributed by atoms with Crippen molar-refractivity contribution in [1.29, 1.82) is 0 Å². The number of hydrogen-bond acceptors (Lipinski definition) is 5. The van der Waals surface area contributed by atoms with Crippen molar-refractivity contribution in [2.75, 3.05) is 17.3 Å². The summed E-state index contributed by atoms with van der Waals surface area (Å²) in [6.07, 6.45) is 1.61. The molecule has 6 rings (SSSR count). The first-order valence-corrected chi connectivity index (χ1v) is 12.9. The summed E-state index contributed by atoms with van der Waals surface area (Å²) in [7, 11) is 1.86. The number of fused-ring (bicyclic) bond motifs is 1. The summed E-state index contributed by atoms with van der Waals surface area (Å²) in [5.41, 5.74) is 6.38. The molecule has 1 aliphatic heterocycles. The molecule has 0 spiro atoms. The van der Waals surface area contributed by atoms with Gasteiger partial charge in [0.05, 0.1) is 22.8 Å². The second-order valence-electron chi connectivity index (χ2n) is 9.78. The zero-order valence-electron chi connectivity index (χ0n) is 21.8. The fourth-order valence-electron chi connectivity index (χ4n) is 5.49. The Bertz CT molecular complexity index is 1690. The Morgan fingerprint density at radius 2 is 1.74 bits per heavy atom. The van der Waals surface area contributed by atoms with Crippen LogP contribution in [0, 0.1) is 25.5 Å². The maximum atomic E-state index is 14.3. The van der Waals surface area contributed by atoms with Gasteiger partial charge in [0.15, 0.2) is 11.6 Å². The lowest BCUT2D eigenvalue weighted by molar-refractivity contribution is -0.120. The molecule has 5 aromatic rings. The van der Waals surface area contributed by atoms with E-state index < -0.39 is 17.7 Å². The van der Waals surface area contributed by atoms with E-state index in [1.54, 1.807) is 4.90 Å². The predicted octanol–water partition coefficient (Wildman–Crippen LogP) is 6.88. The van der Waals surface area contributed by atoms with Crippen molar-refractivity contribution >= 4 is 28.3 Å². The van der Waals surface area contributed by atoms with Crippen molar-refractivity contribution in [2.24, 2.45) is 0 Å². The topological polar surface area (TPSA) is 76.2 Å². The number of carbonyl (C=O) groups is 1. The van der Waals surface area contributed by atoms with Crippen LogP contribution in [-0.2, 0) is 4.79 Å². The van der Waals surface area contributed by atoms with Crippen LogP contribution in [0.1, 0.15) is 42.6 Å². The number of benzene rings is 3. The molecule has 0 radical (unpaired) electrons. The highest BCUT2D eigenvalue weighted by Crippen LogP contribution is 2.39. The summed E-state index contributed by atoms with van der Waals surface area (Å²) in [6.45, 7) is 3.77. The van der Waals surface area contributed by atoms with Crippen LogP contribution in [0.3, 0.4) is 0 Å². The maximum Gasteiger partial charge on any atom is 0.227 e. The van der Waals surface area contributed by atoms with Crippen molar-refractivity contribution in [1.82, 2.24) is 14.7 Å². The van der Waals surface area contributed by atoms with Crippen molar-refractivity contribution in [3.63, 3.8) is 0 Å². The minimum absolute atomic E-state index is 0.155. The van der Waals surface area contributed by atoms with E-state index in [1.165, 1.54) is 6.07 Å². The van der Waals surface area contributed by atoms with Crippen LogP contribution in [-0.4, -0.2) is 27.7 Å². The molecule has 0 aliphatic carbocycles. The first-order valence-electron chi connectivity index (χ1n) is 12.9. The molecule has 1 amide bonds. The molecule has 1 aliphatic rings. The first-order chi connectivity index (χ1) is 18.9. The monoisotopic (exact) mass is 527 g/mol. The van der Waals surface area contributed by atoms with Gasteiger partial charge < -0.3 is 14.7 Å². The maximum absolute atomic E-state index is 14.3. The minimum Gasteiger partial charge on any atom is -0.388 e. The van der Waals surface area contributed by atoms with Gasteiger partial charge in [-0.25, -0.2) is 13.8 Å². The Balaban J connectivity index is 1.56. The van der Waals surface area contributed by atoms with E-state index in [9.17, 15) is 13.6 Å². The fraction of sp³-hybridized carbons (Fsp3) is 0.233. The Hall–Kier alpha value is -4.53. The molecular formula is C30H27F2N5O2. The lowest BCUT2D eigenvalue weighted by Gasteiger charge is -2.35. The predicted molar refractivity (Wildman–Crippen MR) is 146 cm³/mol. The molecule has 39 heavy (non-hydrogen) atoms. The van der Waals surface area contributed by atoms with Gasteiger partial charge >= 0.3 is 0 Å². The summed E-state index contributed by atoms with van der Waals surface area (Å²) in [4.78, 5) is 19.9. The summed E-state index contributed by atoms with van der Waals surface area (Å²) in [6, 6.07) is 17.0. The lowest BCUT2D eigenvalue weighted by atomic mass is 9.99. The van der Waals surface area contributed by atoms with Gasteiger partial charge in [0, 0.05) is 42.2 Å². The third-order valence-electron chi connectivity index (χ3n) is 7.34. The number of rotatable bonds is 5. The Kier molecular flexibility index (Phi) is 6.13. The Morgan fingerprint density at radius 3 is 2.44 bits per heavy atom. The number of carbonyl (C=O) groups excluding carboxylic acids is 1. The Labute approximate surface area is 224 Å². The highest BCUT2D eigenvalue weighted by Gasteiger charge is 2.35. The number of aryl methyl sites for hydroxylation is 2. The molecule has 1 atom stereocenters. The van der Waals surface area contributed by atoms with Crippen molar-refractivity contribution in [3.8, 4) is 16.8 Å². The van der Waals surface area contributed by atoms with Gasteiger partial charge in [-0.2, -0.15) is 0 Å².